The fraction of sp³-hybridized carbons (Fsp3) is 1.00. The monoisotopic (exact) mass is 108 g/mol. The Kier molecular flexibility index (Phi) is 1.98. The zero-order chi connectivity index (χ0) is 5.21. The molecule has 0 fully saturated rings. The molecular weight excluding hydrogens is 97.0 g/mol. The van der Waals surface area contributed by atoms with Gasteiger partial charge >= 0.3 is 0 Å². The lowest BCUT2D eigenvalue weighted by Gasteiger charge is -2.04. The van der Waals surface area contributed by atoms with Gasteiger partial charge < -0.3 is 0 Å². The Hall–Kier alpha value is 0.350. The highest BCUT2D eigenvalue weighted by atomic mass is 31.2. The van der Waals surface area contributed by atoms with Crippen LogP contribution in [0.3, 0.4) is 0 Å². The van der Waals surface area contributed by atoms with E-state index in [2.05, 4.69) is 5.25 Å². The molecule has 0 atom stereocenters. The molecule has 0 aliphatic carbocycles. The topological polar surface area (TPSA) is 32.3 Å². The lowest BCUT2D eigenvalue weighted by molar-refractivity contribution is 0.249. The van der Waals surface area contributed by atoms with Crippen LogP contribution in [0.4, 0.5) is 0 Å². The Morgan fingerprint density at radius 2 is 1.50 bits per heavy atom. The second-order valence-corrected chi connectivity index (χ2v) is 6.34. The first-order chi connectivity index (χ1) is 2.56. The van der Waals surface area contributed by atoms with Crippen molar-refractivity contribution in [3.63, 3.8) is 0 Å². The molecule has 2 N–H and O–H groups in total. The van der Waals surface area contributed by atoms with E-state index in [1.165, 1.54) is 0 Å². The first-order valence-electron chi connectivity index (χ1n) is 1.79. The van der Waals surface area contributed by atoms with Gasteiger partial charge in [0.05, 0.1) is 20.0 Å². The molecule has 0 aromatic heterocycles. The predicted octanol–water partition coefficient (Wildman–Crippen LogP) is 0.787. The average molecular weight is 108 g/mol. The summed E-state index contributed by atoms with van der Waals surface area (Å²) in [6.07, 6.45) is 0. The van der Waals surface area contributed by atoms with Gasteiger partial charge in [-0.15, -0.1) is 0 Å². The number of hydrogen-bond donors (Lipinski definition) is 2. The van der Waals surface area contributed by atoms with E-state index >= 15 is 0 Å². The van der Waals surface area contributed by atoms with Crippen molar-refractivity contribution in [1.82, 2.24) is 5.25 Å². The van der Waals surface area contributed by atoms with Crippen molar-refractivity contribution in [2.45, 2.75) is 0 Å². The van der Waals surface area contributed by atoms with Gasteiger partial charge in [0, 0.05) is 0 Å². The summed E-state index contributed by atoms with van der Waals surface area (Å²) in [5.74, 6) is 0. The van der Waals surface area contributed by atoms with Crippen molar-refractivity contribution in [2.24, 2.45) is 0 Å². The van der Waals surface area contributed by atoms with Crippen LogP contribution in [0, 0.1) is 0 Å². The fourth-order valence-electron chi connectivity index (χ4n) is 0. The summed E-state index contributed by atoms with van der Waals surface area (Å²) >= 11 is 0. The van der Waals surface area contributed by atoms with Gasteiger partial charge in [-0.25, -0.2) is 0 Å². The molecule has 0 radical (unpaired) electrons. The molecular formula is C3H11NOP+. The molecule has 0 bridgehead atoms. The molecule has 0 spiro atoms. The predicted molar refractivity (Wildman–Crippen MR) is 29.6 cm³/mol. The van der Waals surface area contributed by atoms with E-state index in [1.54, 1.807) is 0 Å². The van der Waals surface area contributed by atoms with Crippen LogP contribution in [0.25, 0.3) is 0 Å². The van der Waals surface area contributed by atoms with E-state index in [4.69, 9.17) is 5.21 Å². The number of nitrogens with one attached hydrogen (secondary N) is 1. The number of rotatable bonds is 1. The van der Waals surface area contributed by atoms with Crippen LogP contribution in [0.15, 0.2) is 0 Å². The maximum absolute atomic E-state index is 8.20. The van der Waals surface area contributed by atoms with Crippen LogP contribution < -0.4 is 5.25 Å². The van der Waals surface area contributed by atoms with Crippen LogP contribution in [0.5, 0.6) is 0 Å². The van der Waals surface area contributed by atoms with Crippen LogP contribution in [0.2, 0.25) is 0 Å². The largest absolute Gasteiger partial charge is 0.285 e. The van der Waals surface area contributed by atoms with Gasteiger partial charge in [-0.2, -0.15) is 0 Å². The summed E-state index contributed by atoms with van der Waals surface area (Å²) in [6, 6.07) is 0. The Morgan fingerprint density at radius 3 is 1.50 bits per heavy atom. The molecule has 3 heteroatoms. The third kappa shape index (κ3) is 4.35. The van der Waals surface area contributed by atoms with E-state index in [1.807, 2.05) is 20.0 Å². The summed E-state index contributed by atoms with van der Waals surface area (Å²) in [4.78, 5) is 0. The van der Waals surface area contributed by atoms with Crippen LogP contribution >= 0.6 is 7.41 Å². The van der Waals surface area contributed by atoms with Gasteiger partial charge in [0.25, 0.3) is 0 Å². The average Bonchev–Trinajstić information content (AvgIpc) is 1.35. The van der Waals surface area contributed by atoms with E-state index < -0.39 is 7.41 Å². The second kappa shape index (κ2) is 1.87. The quantitative estimate of drug-likeness (QED) is 0.384. The standard InChI is InChI=1S/C3H11NOP/c1-6(2,3)4-5/h4-5H,1-3H3/q+1. The Balaban J connectivity index is 3.17. The zero-order valence-corrected chi connectivity index (χ0v) is 5.29. The van der Waals surface area contributed by atoms with Gasteiger partial charge in [0.1, 0.15) is 7.41 Å². The SMILES string of the molecule is C[P+](C)(C)NO. The molecule has 0 aromatic rings. The molecule has 2 nitrogen and oxygen atoms in total. The van der Waals surface area contributed by atoms with E-state index in [-0.39, 0.29) is 0 Å². The fourth-order valence-corrected chi connectivity index (χ4v) is 0. The van der Waals surface area contributed by atoms with Gasteiger partial charge in [-0.05, 0) is 0 Å². The van der Waals surface area contributed by atoms with Crippen molar-refractivity contribution in [2.75, 3.05) is 20.0 Å². The highest BCUT2D eigenvalue weighted by molar-refractivity contribution is 7.71. The summed E-state index contributed by atoms with van der Waals surface area (Å²) < 4.78 is 0. The number of hydrogen-bond acceptors (Lipinski definition) is 2. The van der Waals surface area contributed by atoms with Crippen molar-refractivity contribution < 1.29 is 5.21 Å². The molecule has 0 rings (SSSR count). The first kappa shape index (κ1) is 6.35. The zero-order valence-electron chi connectivity index (χ0n) is 4.39. The van der Waals surface area contributed by atoms with Crippen LogP contribution in [0.1, 0.15) is 0 Å². The van der Waals surface area contributed by atoms with Gasteiger partial charge in [0.2, 0.25) is 0 Å². The normalized spacial score (nSPS) is 12.0. The van der Waals surface area contributed by atoms with Crippen molar-refractivity contribution in [1.29, 1.82) is 0 Å². The Labute approximate surface area is 38.9 Å². The Morgan fingerprint density at radius 1 is 1.33 bits per heavy atom. The summed E-state index contributed by atoms with van der Waals surface area (Å²) in [5.41, 5.74) is 0. The first-order valence-corrected chi connectivity index (χ1v) is 4.92. The van der Waals surface area contributed by atoms with E-state index in [0.717, 1.165) is 0 Å². The van der Waals surface area contributed by atoms with E-state index in [0.29, 0.717) is 0 Å². The minimum absolute atomic E-state index is 1.09. The van der Waals surface area contributed by atoms with Crippen LogP contribution in [-0.2, 0) is 0 Å². The summed E-state index contributed by atoms with van der Waals surface area (Å²) in [6.45, 7) is 5.98. The molecule has 0 aliphatic rings. The highest BCUT2D eigenvalue weighted by Gasteiger charge is 2.12. The molecule has 0 aromatic carbocycles. The highest BCUT2D eigenvalue weighted by Crippen LogP contribution is 2.39. The van der Waals surface area contributed by atoms with Crippen LogP contribution in [-0.4, -0.2) is 25.2 Å². The van der Waals surface area contributed by atoms with Gasteiger partial charge in [-0.3, -0.25) is 5.21 Å². The minimum Gasteiger partial charge on any atom is -0.285 e. The molecule has 0 unspecified atom stereocenters. The lowest BCUT2D eigenvalue weighted by atomic mass is 11.9. The van der Waals surface area contributed by atoms with Crippen molar-refractivity contribution in [3.8, 4) is 0 Å². The summed E-state index contributed by atoms with van der Waals surface area (Å²) in [7, 11) is -1.09. The molecule has 38 valence electrons. The molecule has 0 amide bonds. The minimum atomic E-state index is -1.09. The third-order valence-corrected chi connectivity index (χ3v) is 0.900. The van der Waals surface area contributed by atoms with Gasteiger partial charge in [0.15, 0.2) is 0 Å². The third-order valence-electron chi connectivity index (χ3n) is 0.300. The molecule has 0 saturated heterocycles. The van der Waals surface area contributed by atoms with E-state index in [9.17, 15) is 0 Å². The lowest BCUT2D eigenvalue weighted by Crippen LogP contribution is -2.05. The second-order valence-electron chi connectivity index (χ2n) is 2.11. The summed E-state index contributed by atoms with van der Waals surface area (Å²) in [5, 5.41) is 10.4. The van der Waals surface area contributed by atoms with Gasteiger partial charge in [-0.1, -0.05) is 5.25 Å². The smallest absolute Gasteiger partial charge is 0.100 e. The molecule has 0 heterocycles. The molecule has 0 saturated carbocycles. The molecule has 0 aliphatic heterocycles. The van der Waals surface area contributed by atoms with Crippen molar-refractivity contribution in [3.05, 3.63) is 0 Å². The Bertz CT molecular complexity index is 40.5. The maximum Gasteiger partial charge on any atom is 0.100 e. The van der Waals surface area contributed by atoms with Crippen molar-refractivity contribution >= 4 is 7.41 Å². The maximum atomic E-state index is 8.20. The molecule has 6 heavy (non-hydrogen) atoms.